The highest BCUT2D eigenvalue weighted by Gasteiger charge is 2.54. The maximum Gasteiger partial charge on any atom is 0.226 e. The zero-order valence-corrected chi connectivity index (χ0v) is 23.9. The van der Waals surface area contributed by atoms with Gasteiger partial charge in [-0.1, -0.05) is 19.9 Å². The maximum absolute atomic E-state index is 13.3. The van der Waals surface area contributed by atoms with Crippen molar-refractivity contribution >= 4 is 5.91 Å². The van der Waals surface area contributed by atoms with E-state index in [2.05, 4.69) is 31.3 Å². The highest BCUT2D eigenvalue weighted by atomic mass is 16.5. The number of carbonyl (C=O) groups is 1. The van der Waals surface area contributed by atoms with Gasteiger partial charge in [-0.3, -0.25) is 4.79 Å². The number of amides is 1. The number of nitrogens with one attached hydrogen (secondary N) is 1. The summed E-state index contributed by atoms with van der Waals surface area (Å²) in [6.07, 6.45) is 8.59. The number of nitrogens with two attached hydrogens (primary N) is 1. The van der Waals surface area contributed by atoms with Gasteiger partial charge in [0.2, 0.25) is 5.91 Å². The summed E-state index contributed by atoms with van der Waals surface area (Å²) in [5.41, 5.74) is 7.47. The molecule has 4 N–H and O–H groups in total. The molecule has 5 rings (SSSR count). The SMILES string of the molecule is COCCCOc1cc(C[C@@H](C[C@H](N)[C@@H](O)CNC(=O)C23CC4CC(CC(C4)C2)C3)C(C)C)ccc1OC. The minimum absolute atomic E-state index is 0.152. The molecule has 1 amide bonds. The summed E-state index contributed by atoms with van der Waals surface area (Å²) in [5.74, 6) is 4.45. The molecule has 4 saturated carbocycles. The van der Waals surface area contributed by atoms with Crippen molar-refractivity contribution in [2.75, 3.05) is 34.0 Å². The van der Waals surface area contributed by atoms with Gasteiger partial charge >= 0.3 is 0 Å². The topological polar surface area (TPSA) is 103 Å². The standard InChI is InChI=1S/C31H50N2O5/c1-20(2)25(13-21-6-7-28(37-4)29(14-21)38-9-5-8-36-3)15-26(32)27(34)19-33-30(35)31-16-22-10-23(17-31)12-24(11-22)18-31/h6-7,14,20,22-27,34H,5,8-13,15-19,32H2,1-4H3,(H,33,35)/t22?,23?,24?,25-,26-,27-,31?/m0/s1. The minimum atomic E-state index is -0.760. The van der Waals surface area contributed by atoms with Gasteiger partial charge in [-0.05, 0) is 98.7 Å². The molecule has 0 heterocycles. The zero-order chi connectivity index (χ0) is 27.3. The van der Waals surface area contributed by atoms with Crippen molar-refractivity contribution in [3.63, 3.8) is 0 Å². The summed E-state index contributed by atoms with van der Waals surface area (Å²) in [6, 6.07) is 5.67. The van der Waals surface area contributed by atoms with Crippen LogP contribution in [0.5, 0.6) is 11.5 Å². The Labute approximate surface area is 229 Å². The lowest BCUT2D eigenvalue weighted by Crippen LogP contribution is -2.55. The number of benzene rings is 1. The monoisotopic (exact) mass is 530 g/mol. The van der Waals surface area contributed by atoms with E-state index in [9.17, 15) is 9.90 Å². The summed E-state index contributed by atoms with van der Waals surface area (Å²) in [4.78, 5) is 13.3. The third-order valence-corrected chi connectivity index (χ3v) is 9.48. The molecule has 7 nitrogen and oxygen atoms in total. The second kappa shape index (κ2) is 13.0. The Bertz CT molecular complexity index is 884. The summed E-state index contributed by atoms with van der Waals surface area (Å²) in [7, 11) is 3.34. The lowest BCUT2D eigenvalue weighted by Gasteiger charge is -2.55. The number of aliphatic hydroxyl groups is 1. The van der Waals surface area contributed by atoms with E-state index in [1.54, 1.807) is 14.2 Å². The van der Waals surface area contributed by atoms with E-state index in [0.717, 1.165) is 61.2 Å². The van der Waals surface area contributed by atoms with Crippen LogP contribution in [0.15, 0.2) is 18.2 Å². The van der Waals surface area contributed by atoms with Gasteiger partial charge in [0.05, 0.1) is 19.8 Å². The zero-order valence-electron chi connectivity index (χ0n) is 23.9. The van der Waals surface area contributed by atoms with E-state index in [4.69, 9.17) is 19.9 Å². The molecule has 7 heteroatoms. The number of aliphatic hydroxyl groups excluding tert-OH is 1. The van der Waals surface area contributed by atoms with Crippen LogP contribution in [0, 0.1) is 35.0 Å². The predicted molar refractivity (Wildman–Crippen MR) is 149 cm³/mol. The van der Waals surface area contributed by atoms with Crippen molar-refractivity contribution in [1.82, 2.24) is 5.32 Å². The van der Waals surface area contributed by atoms with Gasteiger partial charge in [0.25, 0.3) is 0 Å². The van der Waals surface area contributed by atoms with Gasteiger partial charge < -0.3 is 30.4 Å². The van der Waals surface area contributed by atoms with Gasteiger partial charge in [-0.2, -0.15) is 0 Å². The molecule has 0 spiro atoms. The Morgan fingerprint density at radius 2 is 1.74 bits per heavy atom. The molecule has 3 atom stereocenters. The number of hydrogen-bond donors (Lipinski definition) is 3. The molecule has 4 aliphatic rings. The third-order valence-electron chi connectivity index (χ3n) is 9.48. The number of ether oxygens (including phenoxy) is 3. The van der Waals surface area contributed by atoms with Crippen molar-refractivity contribution in [3.05, 3.63) is 23.8 Å². The Morgan fingerprint density at radius 1 is 1.08 bits per heavy atom. The quantitative estimate of drug-likeness (QED) is 0.292. The fraction of sp³-hybridized carbons (Fsp3) is 0.774. The second-order valence-electron chi connectivity index (χ2n) is 12.8. The molecule has 0 aromatic heterocycles. The molecule has 0 saturated heterocycles. The van der Waals surface area contributed by atoms with Crippen LogP contribution in [-0.4, -0.2) is 57.1 Å². The molecule has 0 aliphatic heterocycles. The van der Waals surface area contributed by atoms with Crippen molar-refractivity contribution in [2.45, 2.75) is 83.8 Å². The molecule has 0 radical (unpaired) electrons. The van der Waals surface area contributed by atoms with E-state index >= 15 is 0 Å². The molecule has 1 aromatic rings. The van der Waals surface area contributed by atoms with E-state index in [1.807, 2.05) is 6.07 Å². The molecule has 4 bridgehead atoms. The van der Waals surface area contributed by atoms with Gasteiger partial charge in [-0.25, -0.2) is 0 Å². The normalized spacial score (nSPS) is 28.2. The average Bonchev–Trinajstić information content (AvgIpc) is 2.88. The minimum Gasteiger partial charge on any atom is -0.493 e. The van der Waals surface area contributed by atoms with Crippen LogP contribution in [-0.2, 0) is 16.0 Å². The Morgan fingerprint density at radius 3 is 2.32 bits per heavy atom. The largest absolute Gasteiger partial charge is 0.493 e. The van der Waals surface area contributed by atoms with Crippen molar-refractivity contribution in [1.29, 1.82) is 0 Å². The van der Waals surface area contributed by atoms with E-state index < -0.39 is 12.1 Å². The Kier molecular flexibility index (Phi) is 9.99. The van der Waals surface area contributed by atoms with Gasteiger partial charge in [0.1, 0.15) is 0 Å². The van der Waals surface area contributed by atoms with Crippen LogP contribution in [0.4, 0.5) is 0 Å². The van der Waals surface area contributed by atoms with Gasteiger partial charge in [0.15, 0.2) is 11.5 Å². The van der Waals surface area contributed by atoms with Crippen LogP contribution >= 0.6 is 0 Å². The van der Waals surface area contributed by atoms with Crippen LogP contribution < -0.4 is 20.5 Å². The molecule has 214 valence electrons. The first kappa shape index (κ1) is 29.2. The van der Waals surface area contributed by atoms with Gasteiger partial charge in [-0.15, -0.1) is 0 Å². The van der Waals surface area contributed by atoms with Crippen LogP contribution in [0.25, 0.3) is 0 Å². The fourth-order valence-electron chi connectivity index (χ4n) is 7.67. The second-order valence-corrected chi connectivity index (χ2v) is 12.8. The van der Waals surface area contributed by atoms with Crippen molar-refractivity contribution < 1.29 is 24.1 Å². The summed E-state index contributed by atoms with van der Waals surface area (Å²) < 4.78 is 16.6. The first-order chi connectivity index (χ1) is 18.2. The van der Waals surface area contributed by atoms with Crippen LogP contribution in [0.1, 0.15) is 70.8 Å². The average molecular weight is 531 g/mol. The first-order valence-corrected chi connectivity index (χ1v) is 14.7. The van der Waals surface area contributed by atoms with E-state index in [1.165, 1.54) is 19.3 Å². The number of carbonyl (C=O) groups excluding carboxylic acids is 1. The molecule has 4 fully saturated rings. The number of rotatable bonds is 15. The Hall–Kier alpha value is -1.83. The van der Waals surface area contributed by atoms with Crippen LogP contribution in [0.2, 0.25) is 0 Å². The predicted octanol–water partition coefficient (Wildman–Crippen LogP) is 4.34. The van der Waals surface area contributed by atoms with E-state index in [0.29, 0.717) is 31.3 Å². The molecular formula is C31H50N2O5. The van der Waals surface area contributed by atoms with Crippen molar-refractivity contribution in [2.24, 2.45) is 40.7 Å². The first-order valence-electron chi connectivity index (χ1n) is 14.7. The lowest BCUT2D eigenvalue weighted by molar-refractivity contribution is -0.146. The highest BCUT2D eigenvalue weighted by molar-refractivity contribution is 5.83. The maximum atomic E-state index is 13.3. The van der Waals surface area contributed by atoms with E-state index in [-0.39, 0.29) is 23.8 Å². The summed E-state index contributed by atoms with van der Waals surface area (Å²) >= 11 is 0. The lowest BCUT2D eigenvalue weighted by atomic mass is 9.49. The fourth-order valence-corrected chi connectivity index (χ4v) is 7.67. The highest BCUT2D eigenvalue weighted by Crippen LogP contribution is 2.60. The van der Waals surface area contributed by atoms with Crippen LogP contribution in [0.3, 0.4) is 0 Å². The molecule has 38 heavy (non-hydrogen) atoms. The summed E-state index contributed by atoms with van der Waals surface area (Å²) in [6.45, 7) is 5.84. The molecule has 4 aliphatic carbocycles. The van der Waals surface area contributed by atoms with Gasteiger partial charge in [0, 0.05) is 38.1 Å². The number of methoxy groups -OCH3 is 2. The molecule has 0 unspecified atom stereocenters. The Balaban J connectivity index is 1.30. The van der Waals surface area contributed by atoms with Crippen molar-refractivity contribution in [3.8, 4) is 11.5 Å². The molecule has 1 aromatic carbocycles. The number of hydrogen-bond acceptors (Lipinski definition) is 6. The molecular weight excluding hydrogens is 480 g/mol. The smallest absolute Gasteiger partial charge is 0.226 e. The third kappa shape index (κ3) is 7.02. The summed E-state index contributed by atoms with van der Waals surface area (Å²) in [5, 5.41) is 14.0.